The first-order chi connectivity index (χ1) is 20.4. The third-order valence-electron chi connectivity index (χ3n) is 8.08. The van der Waals surface area contributed by atoms with Gasteiger partial charge in [-0.05, 0) is 98.3 Å². The summed E-state index contributed by atoms with van der Waals surface area (Å²) in [5.74, 6) is -0.493. The molecule has 3 aromatic carbocycles. The molecule has 42 heavy (non-hydrogen) atoms. The first kappa shape index (κ1) is 27.6. The van der Waals surface area contributed by atoms with Gasteiger partial charge in [0.2, 0.25) is 0 Å². The molecule has 2 N–H and O–H groups in total. The van der Waals surface area contributed by atoms with Crippen molar-refractivity contribution in [3.05, 3.63) is 119 Å². The fourth-order valence-electron chi connectivity index (χ4n) is 5.95. The van der Waals surface area contributed by atoms with Gasteiger partial charge in [-0.15, -0.1) is 0 Å². The van der Waals surface area contributed by atoms with E-state index in [0.717, 1.165) is 55.1 Å². The lowest BCUT2D eigenvalue weighted by molar-refractivity contribution is 0.0984. The third-order valence-corrected chi connectivity index (χ3v) is 8.41. The highest BCUT2D eigenvalue weighted by Gasteiger charge is 2.43. The second-order valence-electron chi connectivity index (χ2n) is 10.7. The van der Waals surface area contributed by atoms with Gasteiger partial charge in [0, 0.05) is 40.8 Å². The summed E-state index contributed by atoms with van der Waals surface area (Å²) in [4.78, 5) is 32.7. The SMILES string of the molecule is O=C(Nc1ccc(C(=O)N2CCC3(CCCC3=NNc3ccccn3)Cc3ccccc32)cc1)c1cc(F)ccc1Cl. The minimum Gasteiger partial charge on any atom is -0.322 e. The van der Waals surface area contributed by atoms with Crippen LogP contribution in [0.5, 0.6) is 0 Å². The van der Waals surface area contributed by atoms with Crippen LogP contribution in [0.1, 0.15) is 52.0 Å². The van der Waals surface area contributed by atoms with Crippen LogP contribution in [0.3, 0.4) is 0 Å². The number of nitrogens with one attached hydrogen (secondary N) is 2. The molecule has 2 aliphatic rings. The first-order valence-corrected chi connectivity index (χ1v) is 14.3. The highest BCUT2D eigenvalue weighted by atomic mass is 35.5. The summed E-state index contributed by atoms with van der Waals surface area (Å²) in [5.41, 5.74) is 7.15. The second kappa shape index (κ2) is 11.7. The van der Waals surface area contributed by atoms with E-state index in [-0.39, 0.29) is 21.9 Å². The van der Waals surface area contributed by atoms with Crippen LogP contribution < -0.4 is 15.6 Å². The number of fused-ring (bicyclic) bond motifs is 1. The molecule has 1 unspecified atom stereocenters. The molecule has 212 valence electrons. The molecule has 0 bridgehead atoms. The number of hydrogen-bond donors (Lipinski definition) is 2. The van der Waals surface area contributed by atoms with Crippen molar-refractivity contribution in [3.63, 3.8) is 0 Å². The molecule has 1 aliphatic carbocycles. The van der Waals surface area contributed by atoms with Crippen LogP contribution in [0.25, 0.3) is 0 Å². The molecule has 1 atom stereocenters. The van der Waals surface area contributed by atoms with Crippen LogP contribution in [0.2, 0.25) is 5.02 Å². The van der Waals surface area contributed by atoms with E-state index < -0.39 is 11.7 Å². The van der Waals surface area contributed by atoms with E-state index in [2.05, 4.69) is 21.8 Å². The topological polar surface area (TPSA) is 86.7 Å². The Kier molecular flexibility index (Phi) is 7.71. The highest BCUT2D eigenvalue weighted by molar-refractivity contribution is 6.34. The van der Waals surface area contributed by atoms with Gasteiger partial charge in [-0.2, -0.15) is 5.10 Å². The van der Waals surface area contributed by atoms with Crippen LogP contribution >= 0.6 is 11.6 Å². The van der Waals surface area contributed by atoms with Crippen molar-refractivity contribution in [2.24, 2.45) is 10.5 Å². The largest absolute Gasteiger partial charge is 0.322 e. The Balaban J connectivity index is 1.21. The Bertz CT molecular complexity index is 1660. The molecule has 1 aromatic heterocycles. The molecule has 1 fully saturated rings. The minimum atomic E-state index is -0.550. The predicted molar refractivity (Wildman–Crippen MR) is 164 cm³/mol. The zero-order valence-corrected chi connectivity index (χ0v) is 23.6. The lowest BCUT2D eigenvalue weighted by Gasteiger charge is -2.29. The lowest BCUT2D eigenvalue weighted by Crippen LogP contribution is -2.35. The summed E-state index contributed by atoms with van der Waals surface area (Å²) in [6.07, 6.45) is 6.30. The molecule has 7 nitrogen and oxygen atoms in total. The number of carbonyl (C=O) groups is 2. The van der Waals surface area contributed by atoms with E-state index in [4.69, 9.17) is 16.7 Å². The standard InChI is InChI=1S/C33H29ClFN5O2/c34-27-15-12-24(35)20-26(27)31(41)37-25-13-10-22(11-14-25)32(42)40-19-17-33(21-23-6-1-2-7-28(23)40)16-5-8-29(33)38-39-30-9-3-4-18-36-30/h1-4,6-7,9-15,18,20H,5,8,16-17,19,21H2,(H,36,39)(H,37,41). The summed E-state index contributed by atoms with van der Waals surface area (Å²) in [6, 6.07) is 24.1. The molecule has 9 heteroatoms. The fraction of sp³-hybridized carbons (Fsp3) is 0.212. The van der Waals surface area contributed by atoms with Crippen LogP contribution in [-0.4, -0.2) is 29.1 Å². The average Bonchev–Trinajstić information content (AvgIpc) is 3.31. The number of halogens is 2. The van der Waals surface area contributed by atoms with E-state index >= 15 is 0 Å². The molecule has 2 amide bonds. The number of hydrogen-bond acceptors (Lipinski definition) is 5. The maximum Gasteiger partial charge on any atom is 0.258 e. The normalized spacial score (nSPS) is 18.9. The number of carbonyl (C=O) groups excluding carboxylic acids is 2. The summed E-state index contributed by atoms with van der Waals surface area (Å²) in [7, 11) is 0. The zero-order valence-electron chi connectivity index (χ0n) is 22.8. The van der Waals surface area contributed by atoms with Crippen molar-refractivity contribution in [3.8, 4) is 0 Å². The predicted octanol–water partition coefficient (Wildman–Crippen LogP) is 7.36. The van der Waals surface area contributed by atoms with Crippen molar-refractivity contribution in [1.29, 1.82) is 0 Å². The lowest BCUT2D eigenvalue weighted by atomic mass is 9.76. The van der Waals surface area contributed by atoms with Gasteiger partial charge in [0.25, 0.3) is 11.8 Å². The fourth-order valence-corrected chi connectivity index (χ4v) is 6.15. The Morgan fingerprint density at radius 3 is 2.60 bits per heavy atom. The number of pyridine rings is 1. The van der Waals surface area contributed by atoms with Crippen LogP contribution in [0, 0.1) is 11.2 Å². The third kappa shape index (κ3) is 5.63. The Hall–Kier alpha value is -4.56. The molecule has 1 spiro atoms. The number of hydrazone groups is 1. The van der Waals surface area contributed by atoms with Crippen molar-refractivity contribution < 1.29 is 14.0 Å². The summed E-state index contributed by atoms with van der Waals surface area (Å²) < 4.78 is 13.6. The van der Waals surface area contributed by atoms with Gasteiger partial charge in [0.1, 0.15) is 11.6 Å². The van der Waals surface area contributed by atoms with Gasteiger partial charge in [0.15, 0.2) is 0 Å². The number of anilines is 3. The summed E-state index contributed by atoms with van der Waals surface area (Å²) in [6.45, 7) is 0.551. The number of benzene rings is 3. The minimum absolute atomic E-state index is 0.0389. The summed E-state index contributed by atoms with van der Waals surface area (Å²) in [5, 5.41) is 7.69. The number of nitrogens with zero attached hydrogens (tertiary/aromatic N) is 3. The molecule has 6 rings (SSSR count). The average molecular weight is 582 g/mol. The summed E-state index contributed by atoms with van der Waals surface area (Å²) >= 11 is 6.07. The first-order valence-electron chi connectivity index (χ1n) is 13.9. The Morgan fingerprint density at radius 2 is 1.79 bits per heavy atom. The monoisotopic (exact) mass is 581 g/mol. The van der Waals surface area contributed by atoms with Crippen molar-refractivity contribution >= 4 is 46.3 Å². The number of aromatic nitrogens is 1. The van der Waals surface area contributed by atoms with Gasteiger partial charge in [0.05, 0.1) is 10.6 Å². The molecule has 1 aliphatic heterocycles. The van der Waals surface area contributed by atoms with E-state index in [9.17, 15) is 14.0 Å². The van der Waals surface area contributed by atoms with Gasteiger partial charge in [-0.25, -0.2) is 9.37 Å². The Morgan fingerprint density at radius 1 is 0.976 bits per heavy atom. The van der Waals surface area contributed by atoms with Crippen LogP contribution in [0.15, 0.2) is 96.2 Å². The molecule has 4 aromatic rings. The highest BCUT2D eigenvalue weighted by Crippen LogP contribution is 2.46. The molecular formula is C33H29ClFN5O2. The number of rotatable bonds is 5. The maximum absolute atomic E-state index is 13.9. The van der Waals surface area contributed by atoms with Crippen molar-refractivity contribution in [2.45, 2.75) is 32.1 Å². The van der Waals surface area contributed by atoms with Crippen molar-refractivity contribution in [2.75, 3.05) is 22.2 Å². The van der Waals surface area contributed by atoms with E-state index in [1.54, 1.807) is 30.5 Å². The van der Waals surface area contributed by atoms with E-state index in [1.807, 2.05) is 41.3 Å². The van der Waals surface area contributed by atoms with Crippen molar-refractivity contribution in [1.82, 2.24) is 4.98 Å². The quantitative estimate of drug-likeness (QED) is 0.241. The van der Waals surface area contributed by atoms with Gasteiger partial charge in [-0.1, -0.05) is 35.9 Å². The van der Waals surface area contributed by atoms with Gasteiger partial charge < -0.3 is 10.2 Å². The number of amides is 2. The molecule has 1 saturated carbocycles. The van der Waals surface area contributed by atoms with Crippen LogP contribution in [0.4, 0.5) is 21.6 Å². The second-order valence-corrected chi connectivity index (χ2v) is 11.1. The maximum atomic E-state index is 13.9. The molecule has 0 saturated heterocycles. The van der Waals surface area contributed by atoms with E-state index in [1.165, 1.54) is 12.1 Å². The van der Waals surface area contributed by atoms with Gasteiger partial charge >= 0.3 is 0 Å². The molecular weight excluding hydrogens is 553 g/mol. The van der Waals surface area contributed by atoms with Gasteiger partial charge in [-0.3, -0.25) is 15.0 Å². The Labute approximate surface area is 248 Å². The van der Waals surface area contributed by atoms with Crippen LogP contribution in [-0.2, 0) is 6.42 Å². The molecule has 2 heterocycles. The van der Waals surface area contributed by atoms with E-state index in [0.29, 0.717) is 23.6 Å². The smallest absolute Gasteiger partial charge is 0.258 e. The zero-order chi connectivity index (χ0) is 29.1. The number of para-hydroxylation sites is 1. The molecule has 0 radical (unpaired) electrons.